The van der Waals surface area contributed by atoms with Crippen LogP contribution >= 0.6 is 11.8 Å². The SMILES string of the molecule is CCC1CCCC(C(=O)CSC)C1. The van der Waals surface area contributed by atoms with Gasteiger partial charge in [0.2, 0.25) is 0 Å². The van der Waals surface area contributed by atoms with Crippen LogP contribution in [0.5, 0.6) is 0 Å². The molecule has 1 aliphatic rings. The molecular weight excluding hydrogens is 180 g/mol. The molecule has 76 valence electrons. The zero-order valence-electron chi connectivity index (χ0n) is 8.71. The lowest BCUT2D eigenvalue weighted by atomic mass is 9.78. The van der Waals surface area contributed by atoms with Crippen molar-refractivity contribution in [2.45, 2.75) is 39.0 Å². The summed E-state index contributed by atoms with van der Waals surface area (Å²) in [6.07, 6.45) is 8.19. The first-order chi connectivity index (χ1) is 6.27. The summed E-state index contributed by atoms with van der Waals surface area (Å²) < 4.78 is 0. The fourth-order valence-corrected chi connectivity index (χ4v) is 2.73. The molecule has 0 aromatic heterocycles. The lowest BCUT2D eigenvalue weighted by Gasteiger charge is -2.27. The first kappa shape index (κ1) is 11.1. The van der Waals surface area contributed by atoms with Crippen LogP contribution in [-0.2, 0) is 4.79 Å². The molecule has 1 nitrogen and oxygen atoms in total. The van der Waals surface area contributed by atoms with E-state index in [2.05, 4.69) is 6.92 Å². The number of Topliss-reactive ketones (excluding diaryl/α,β-unsaturated/α-hetero) is 1. The minimum absolute atomic E-state index is 0.395. The molecule has 0 amide bonds. The van der Waals surface area contributed by atoms with E-state index in [1.165, 1.54) is 19.3 Å². The highest BCUT2D eigenvalue weighted by Crippen LogP contribution is 2.31. The van der Waals surface area contributed by atoms with Gasteiger partial charge in [0.15, 0.2) is 0 Å². The van der Waals surface area contributed by atoms with Crippen molar-refractivity contribution in [1.82, 2.24) is 0 Å². The lowest BCUT2D eigenvalue weighted by Crippen LogP contribution is -2.23. The maximum Gasteiger partial charge on any atom is 0.145 e. The van der Waals surface area contributed by atoms with Crippen molar-refractivity contribution in [3.63, 3.8) is 0 Å². The third-order valence-electron chi connectivity index (χ3n) is 3.10. The predicted molar refractivity (Wildman–Crippen MR) is 59.1 cm³/mol. The summed E-state index contributed by atoms with van der Waals surface area (Å²) in [5.74, 6) is 2.43. The van der Waals surface area contributed by atoms with Crippen LogP contribution in [0.25, 0.3) is 0 Å². The molecule has 0 saturated heterocycles. The second-order valence-electron chi connectivity index (χ2n) is 4.04. The number of carbonyl (C=O) groups excluding carboxylic acids is 1. The number of carbonyl (C=O) groups is 1. The Morgan fingerprint density at radius 2 is 2.23 bits per heavy atom. The minimum Gasteiger partial charge on any atom is -0.298 e. The largest absolute Gasteiger partial charge is 0.298 e. The molecule has 0 bridgehead atoms. The van der Waals surface area contributed by atoms with Crippen molar-refractivity contribution < 1.29 is 4.79 Å². The first-order valence-corrected chi connectivity index (χ1v) is 6.69. The maximum atomic E-state index is 11.6. The highest BCUT2D eigenvalue weighted by atomic mass is 32.2. The normalized spacial score (nSPS) is 28.8. The Hall–Kier alpha value is 0.0200. The van der Waals surface area contributed by atoms with E-state index in [9.17, 15) is 4.79 Å². The Bertz CT molecular complexity index is 167. The van der Waals surface area contributed by atoms with Gasteiger partial charge in [-0.2, -0.15) is 11.8 Å². The van der Waals surface area contributed by atoms with Crippen molar-refractivity contribution in [3.05, 3.63) is 0 Å². The summed E-state index contributed by atoms with van der Waals surface area (Å²) in [7, 11) is 0. The van der Waals surface area contributed by atoms with E-state index in [-0.39, 0.29) is 0 Å². The second kappa shape index (κ2) is 5.69. The number of rotatable bonds is 4. The highest BCUT2D eigenvalue weighted by Gasteiger charge is 2.25. The van der Waals surface area contributed by atoms with Crippen molar-refractivity contribution in [1.29, 1.82) is 0 Å². The number of ketones is 1. The molecule has 0 N–H and O–H groups in total. The van der Waals surface area contributed by atoms with E-state index in [1.807, 2.05) is 6.26 Å². The topological polar surface area (TPSA) is 17.1 Å². The van der Waals surface area contributed by atoms with Crippen LogP contribution < -0.4 is 0 Å². The van der Waals surface area contributed by atoms with Gasteiger partial charge in [0.1, 0.15) is 5.78 Å². The second-order valence-corrected chi connectivity index (χ2v) is 4.90. The van der Waals surface area contributed by atoms with Gasteiger partial charge < -0.3 is 0 Å². The highest BCUT2D eigenvalue weighted by molar-refractivity contribution is 7.99. The van der Waals surface area contributed by atoms with Crippen molar-refractivity contribution in [2.24, 2.45) is 11.8 Å². The molecule has 0 aromatic rings. The standard InChI is InChI=1S/C11H20OS/c1-3-9-5-4-6-10(7-9)11(12)8-13-2/h9-10H,3-8H2,1-2H3. The molecule has 1 fully saturated rings. The zero-order valence-corrected chi connectivity index (χ0v) is 9.53. The Morgan fingerprint density at radius 1 is 1.46 bits per heavy atom. The molecule has 1 saturated carbocycles. The minimum atomic E-state index is 0.395. The molecule has 0 spiro atoms. The van der Waals surface area contributed by atoms with Crippen LogP contribution in [-0.4, -0.2) is 17.8 Å². The maximum absolute atomic E-state index is 11.6. The molecule has 13 heavy (non-hydrogen) atoms. The van der Waals surface area contributed by atoms with E-state index < -0.39 is 0 Å². The molecular formula is C11H20OS. The van der Waals surface area contributed by atoms with Gasteiger partial charge in [0.25, 0.3) is 0 Å². The van der Waals surface area contributed by atoms with Crippen LogP contribution in [0.1, 0.15) is 39.0 Å². The number of thioether (sulfide) groups is 1. The van der Waals surface area contributed by atoms with E-state index in [1.54, 1.807) is 11.8 Å². The molecule has 1 aliphatic carbocycles. The Labute approximate surface area is 85.7 Å². The molecule has 1 rings (SSSR count). The van der Waals surface area contributed by atoms with Gasteiger partial charge in [0, 0.05) is 5.92 Å². The third kappa shape index (κ3) is 3.34. The fraction of sp³-hybridized carbons (Fsp3) is 0.909. The monoisotopic (exact) mass is 200 g/mol. The summed E-state index contributed by atoms with van der Waals surface area (Å²) >= 11 is 1.66. The molecule has 2 atom stereocenters. The summed E-state index contributed by atoms with van der Waals surface area (Å²) in [4.78, 5) is 11.6. The number of hydrogen-bond donors (Lipinski definition) is 0. The van der Waals surface area contributed by atoms with Crippen LogP contribution in [0.3, 0.4) is 0 Å². The van der Waals surface area contributed by atoms with Crippen molar-refractivity contribution in [2.75, 3.05) is 12.0 Å². The molecule has 0 aromatic carbocycles. The molecule has 0 radical (unpaired) electrons. The predicted octanol–water partition coefficient (Wildman–Crippen LogP) is 3.13. The summed E-state index contributed by atoms with van der Waals surface area (Å²) in [5, 5.41) is 0. The van der Waals surface area contributed by atoms with Gasteiger partial charge in [0.05, 0.1) is 5.75 Å². The Morgan fingerprint density at radius 3 is 2.85 bits per heavy atom. The average molecular weight is 200 g/mol. The van der Waals surface area contributed by atoms with Crippen LogP contribution in [0.2, 0.25) is 0 Å². The zero-order chi connectivity index (χ0) is 9.68. The summed E-state index contributed by atoms with van der Waals surface area (Å²) in [6.45, 7) is 2.24. The molecule has 0 heterocycles. The van der Waals surface area contributed by atoms with Gasteiger partial charge >= 0.3 is 0 Å². The van der Waals surface area contributed by atoms with Gasteiger partial charge in [-0.3, -0.25) is 4.79 Å². The Balaban J connectivity index is 2.37. The molecule has 0 aliphatic heterocycles. The van der Waals surface area contributed by atoms with Gasteiger partial charge in [-0.15, -0.1) is 0 Å². The van der Waals surface area contributed by atoms with Crippen LogP contribution in [0.15, 0.2) is 0 Å². The van der Waals surface area contributed by atoms with Crippen LogP contribution in [0.4, 0.5) is 0 Å². The van der Waals surface area contributed by atoms with Crippen molar-refractivity contribution in [3.8, 4) is 0 Å². The molecule has 2 unspecified atom stereocenters. The summed E-state index contributed by atoms with van der Waals surface area (Å²) in [6, 6.07) is 0. The van der Waals surface area contributed by atoms with Gasteiger partial charge in [-0.05, 0) is 25.0 Å². The first-order valence-electron chi connectivity index (χ1n) is 5.29. The van der Waals surface area contributed by atoms with Crippen molar-refractivity contribution >= 4 is 17.5 Å². The van der Waals surface area contributed by atoms with E-state index in [0.29, 0.717) is 11.7 Å². The average Bonchev–Trinajstić information content (AvgIpc) is 2.18. The molecule has 2 heteroatoms. The van der Waals surface area contributed by atoms with Gasteiger partial charge in [-0.25, -0.2) is 0 Å². The quantitative estimate of drug-likeness (QED) is 0.693. The third-order valence-corrected chi connectivity index (χ3v) is 3.68. The smallest absolute Gasteiger partial charge is 0.145 e. The number of hydrogen-bond acceptors (Lipinski definition) is 2. The van der Waals surface area contributed by atoms with E-state index in [4.69, 9.17) is 0 Å². The van der Waals surface area contributed by atoms with E-state index in [0.717, 1.165) is 24.5 Å². The lowest BCUT2D eigenvalue weighted by molar-refractivity contribution is -0.121. The van der Waals surface area contributed by atoms with Crippen LogP contribution in [0, 0.1) is 11.8 Å². The van der Waals surface area contributed by atoms with Gasteiger partial charge in [-0.1, -0.05) is 26.2 Å². The summed E-state index contributed by atoms with van der Waals surface area (Å²) in [5.41, 5.74) is 0. The fourth-order valence-electron chi connectivity index (χ4n) is 2.21. The van der Waals surface area contributed by atoms with E-state index >= 15 is 0 Å². The Kier molecular flexibility index (Phi) is 4.86.